The SMILES string of the molecule is CCOc1cc2c(cc1OC)C(c1ccc(C(=O)N3CCC(n4c(=O)c5sc(-c6ccc(F)cc6)cc5n(Cc5nc(CC)no5)c4=O)CC3)cc1)=N[C@@H]1CCSC[C@H]21. The van der Waals surface area contributed by atoms with Gasteiger partial charge in [-0.1, -0.05) is 36.3 Å². The molecule has 2 fully saturated rings. The van der Waals surface area contributed by atoms with Crippen LogP contribution >= 0.6 is 23.1 Å². The molecule has 0 N–H and O–H groups in total. The van der Waals surface area contributed by atoms with Crippen LogP contribution in [0.4, 0.5) is 4.39 Å². The molecule has 6 aromatic rings. The van der Waals surface area contributed by atoms with E-state index in [1.807, 2.05) is 55.9 Å². The molecule has 0 radical (unpaired) electrons. The molecule has 3 aromatic carbocycles. The van der Waals surface area contributed by atoms with Gasteiger partial charge in [-0.15, -0.1) is 11.3 Å². The maximum atomic E-state index is 14.3. The van der Waals surface area contributed by atoms with E-state index in [1.54, 1.807) is 30.2 Å². The van der Waals surface area contributed by atoms with Gasteiger partial charge in [-0.3, -0.25) is 23.7 Å². The lowest BCUT2D eigenvalue weighted by atomic mass is 9.81. The number of thioether (sulfide) groups is 1. The number of aryl methyl sites for hydroxylation is 1. The molecule has 0 saturated carbocycles. The van der Waals surface area contributed by atoms with Crippen molar-refractivity contribution in [1.29, 1.82) is 0 Å². The average molecular weight is 835 g/mol. The summed E-state index contributed by atoms with van der Waals surface area (Å²) in [7, 11) is 1.65. The topological polar surface area (TPSA) is 134 Å². The van der Waals surface area contributed by atoms with Gasteiger partial charge in [0.2, 0.25) is 5.89 Å². The quantitative estimate of drug-likeness (QED) is 0.139. The van der Waals surface area contributed by atoms with E-state index in [2.05, 4.69) is 16.2 Å². The summed E-state index contributed by atoms with van der Waals surface area (Å²) in [6.07, 6.45) is 2.40. The highest BCUT2D eigenvalue weighted by atomic mass is 32.2. The fraction of sp³-hybridized carbons (Fsp3) is 0.364. The van der Waals surface area contributed by atoms with Crippen LogP contribution in [0.15, 0.2) is 85.8 Å². The molecule has 3 aromatic heterocycles. The van der Waals surface area contributed by atoms with Gasteiger partial charge in [0.25, 0.3) is 11.5 Å². The van der Waals surface area contributed by atoms with Crippen LogP contribution in [0.1, 0.15) is 83.8 Å². The number of carbonyl (C=O) groups excluding carboxylic acids is 1. The van der Waals surface area contributed by atoms with Gasteiger partial charge in [-0.05, 0) is 85.5 Å². The summed E-state index contributed by atoms with van der Waals surface area (Å²) in [5.74, 6) is 4.06. The number of hydrogen-bond acceptors (Lipinski definition) is 11. The number of hydrogen-bond donors (Lipinski definition) is 0. The highest BCUT2D eigenvalue weighted by Gasteiger charge is 2.35. The number of rotatable bonds is 10. The van der Waals surface area contributed by atoms with Gasteiger partial charge in [-0.25, -0.2) is 9.18 Å². The van der Waals surface area contributed by atoms with Crippen molar-refractivity contribution in [2.75, 3.05) is 38.3 Å². The molecule has 59 heavy (non-hydrogen) atoms. The van der Waals surface area contributed by atoms with Crippen LogP contribution in [0.5, 0.6) is 11.5 Å². The van der Waals surface area contributed by atoms with Crippen molar-refractivity contribution in [2.45, 2.75) is 64.1 Å². The van der Waals surface area contributed by atoms with Crippen LogP contribution in [0.3, 0.4) is 0 Å². The maximum Gasteiger partial charge on any atom is 0.332 e. The largest absolute Gasteiger partial charge is 0.493 e. The van der Waals surface area contributed by atoms with E-state index in [-0.39, 0.29) is 30.2 Å². The smallest absolute Gasteiger partial charge is 0.332 e. The molecule has 3 aliphatic rings. The third-order valence-corrected chi connectivity index (χ3v) is 13.8. The highest BCUT2D eigenvalue weighted by Crippen LogP contribution is 2.44. The van der Waals surface area contributed by atoms with Gasteiger partial charge in [0, 0.05) is 58.8 Å². The Labute approximate surface area is 347 Å². The highest BCUT2D eigenvalue weighted by molar-refractivity contribution is 7.99. The number of piperidine rings is 1. The molecule has 15 heteroatoms. The lowest BCUT2D eigenvalue weighted by Crippen LogP contribution is -2.46. The van der Waals surface area contributed by atoms with E-state index < -0.39 is 17.3 Å². The van der Waals surface area contributed by atoms with E-state index >= 15 is 0 Å². The molecule has 0 aliphatic carbocycles. The van der Waals surface area contributed by atoms with Gasteiger partial charge in [0.15, 0.2) is 17.3 Å². The molecule has 1 amide bonds. The minimum Gasteiger partial charge on any atom is -0.493 e. The van der Waals surface area contributed by atoms with Crippen molar-refractivity contribution in [3.05, 3.63) is 127 Å². The predicted octanol–water partition coefficient (Wildman–Crippen LogP) is 7.35. The average Bonchev–Trinajstić information content (AvgIpc) is 3.93. The molecule has 2 atom stereocenters. The number of amides is 1. The molecule has 6 heterocycles. The molecule has 9 rings (SSSR count). The molecule has 0 spiro atoms. The van der Waals surface area contributed by atoms with Gasteiger partial charge in [0.1, 0.15) is 17.1 Å². The Bertz CT molecular complexity index is 2700. The van der Waals surface area contributed by atoms with Crippen LogP contribution in [0.2, 0.25) is 0 Å². The van der Waals surface area contributed by atoms with Crippen molar-refractivity contribution < 1.29 is 23.2 Å². The molecular weight excluding hydrogens is 792 g/mol. The van der Waals surface area contributed by atoms with E-state index in [0.29, 0.717) is 72.2 Å². The Morgan fingerprint density at radius 2 is 1.73 bits per heavy atom. The number of thiophene rings is 1. The van der Waals surface area contributed by atoms with Crippen molar-refractivity contribution in [2.24, 2.45) is 4.99 Å². The summed E-state index contributed by atoms with van der Waals surface area (Å²) < 4.78 is 34.1. The first kappa shape index (κ1) is 38.9. The number of methoxy groups -OCH3 is 1. The number of nitrogens with zero attached hydrogens (tertiary/aromatic N) is 6. The second-order valence-corrected chi connectivity index (χ2v) is 17.2. The maximum absolute atomic E-state index is 14.3. The van der Waals surface area contributed by atoms with Crippen molar-refractivity contribution in [3.63, 3.8) is 0 Å². The summed E-state index contributed by atoms with van der Waals surface area (Å²) in [4.78, 5) is 54.6. The zero-order chi connectivity index (χ0) is 40.8. The predicted molar refractivity (Wildman–Crippen MR) is 227 cm³/mol. The molecule has 304 valence electrons. The molecular formula is C44H43FN6O6S2. The van der Waals surface area contributed by atoms with Crippen LogP contribution in [-0.2, 0) is 13.0 Å². The first-order chi connectivity index (χ1) is 28.7. The third kappa shape index (κ3) is 7.28. The Morgan fingerprint density at radius 1 is 0.966 bits per heavy atom. The fourth-order valence-corrected chi connectivity index (χ4v) is 10.8. The summed E-state index contributed by atoms with van der Waals surface area (Å²) >= 11 is 3.21. The number of aliphatic imine (C=N–C) groups is 1. The fourth-order valence-electron chi connectivity index (χ4n) is 8.47. The van der Waals surface area contributed by atoms with E-state index in [0.717, 1.165) is 51.0 Å². The van der Waals surface area contributed by atoms with Crippen molar-refractivity contribution >= 4 is 44.9 Å². The second kappa shape index (κ2) is 16.3. The summed E-state index contributed by atoms with van der Waals surface area (Å²) in [6, 6.07) is 19.4. The third-order valence-electron chi connectivity index (χ3n) is 11.5. The minimum atomic E-state index is -0.486. The van der Waals surface area contributed by atoms with Crippen LogP contribution in [0, 0.1) is 5.82 Å². The number of ether oxygens (including phenoxy) is 2. The number of fused-ring (bicyclic) bond motifs is 4. The van der Waals surface area contributed by atoms with Crippen molar-refractivity contribution in [1.82, 2.24) is 24.2 Å². The number of carbonyl (C=O) groups is 1. The summed E-state index contributed by atoms with van der Waals surface area (Å²) in [5, 5.41) is 3.99. The summed E-state index contributed by atoms with van der Waals surface area (Å²) in [6.45, 7) is 5.13. The zero-order valence-electron chi connectivity index (χ0n) is 33.0. The molecule has 3 aliphatic heterocycles. The Hall–Kier alpha value is -5.54. The first-order valence-corrected chi connectivity index (χ1v) is 22.0. The van der Waals surface area contributed by atoms with Crippen LogP contribution in [-0.4, -0.2) is 80.1 Å². The van der Waals surface area contributed by atoms with Crippen molar-refractivity contribution in [3.8, 4) is 21.9 Å². The van der Waals surface area contributed by atoms with E-state index in [1.165, 1.54) is 38.2 Å². The molecule has 2 saturated heterocycles. The standard InChI is InChI=1S/C44H43FN6O6S2/c1-4-38-47-39(57-48-38)23-50-34-22-37(25-10-12-28(45)13-11-25)59-41(34)43(53)51(44(50)54)29-14-17-49(18-15-29)42(52)27-8-6-26(7-9-27)40-31-21-35(55-3)36(56-5-2)20-30(31)32-24-58-19-16-33(32)46-40/h6-13,20-22,29,32-33H,4-5,14-19,23-24H2,1-3H3/t32-,33-/m1/s1. The molecule has 0 bridgehead atoms. The Kier molecular flexibility index (Phi) is 10.7. The van der Waals surface area contributed by atoms with E-state index in [4.69, 9.17) is 19.0 Å². The van der Waals surface area contributed by atoms with Gasteiger partial charge in [-0.2, -0.15) is 16.7 Å². The monoisotopic (exact) mass is 834 g/mol. The molecule has 12 nitrogen and oxygen atoms in total. The van der Waals surface area contributed by atoms with Gasteiger partial charge < -0.3 is 18.9 Å². The Morgan fingerprint density at radius 3 is 2.44 bits per heavy atom. The van der Waals surface area contributed by atoms with Crippen LogP contribution < -0.4 is 20.7 Å². The lowest BCUT2D eigenvalue weighted by Gasteiger charge is -2.35. The first-order valence-electron chi connectivity index (χ1n) is 20.0. The number of aromatic nitrogens is 4. The van der Waals surface area contributed by atoms with E-state index in [9.17, 15) is 18.8 Å². The lowest BCUT2D eigenvalue weighted by molar-refractivity contribution is 0.0691. The second-order valence-electron chi connectivity index (χ2n) is 15.0. The normalized spacial score (nSPS) is 18.0. The van der Waals surface area contributed by atoms with Gasteiger partial charge >= 0.3 is 5.69 Å². The Balaban J connectivity index is 0.968. The number of halogens is 1. The minimum absolute atomic E-state index is 0.0182. The zero-order valence-corrected chi connectivity index (χ0v) is 34.6. The number of benzene rings is 3. The van der Waals surface area contributed by atoms with Crippen LogP contribution in [0.25, 0.3) is 20.7 Å². The summed E-state index contributed by atoms with van der Waals surface area (Å²) in [5.41, 5.74) is 4.92. The van der Waals surface area contributed by atoms with Gasteiger partial charge in [0.05, 0.1) is 31.0 Å². The number of likely N-dealkylation sites (tertiary alicyclic amines) is 1. The molecule has 0 unspecified atom stereocenters.